The van der Waals surface area contributed by atoms with E-state index in [0.717, 1.165) is 17.8 Å². The Bertz CT molecular complexity index is 1100. The van der Waals surface area contributed by atoms with Crippen molar-refractivity contribution in [2.75, 3.05) is 0 Å². The van der Waals surface area contributed by atoms with Crippen molar-refractivity contribution in [3.63, 3.8) is 0 Å². The Morgan fingerprint density at radius 3 is 2.55 bits per heavy atom. The number of hydrogen-bond donors (Lipinski definition) is 2. The highest BCUT2D eigenvalue weighted by atomic mass is 35.5. The summed E-state index contributed by atoms with van der Waals surface area (Å²) in [6.07, 6.45) is 1.47. The zero-order chi connectivity index (χ0) is 21.0. The van der Waals surface area contributed by atoms with Crippen molar-refractivity contribution in [1.29, 1.82) is 0 Å². The molecule has 3 aromatic rings. The maximum absolute atomic E-state index is 12.3. The van der Waals surface area contributed by atoms with Crippen molar-refractivity contribution in [3.8, 4) is 0 Å². The highest BCUT2D eigenvalue weighted by molar-refractivity contribution is 7.99. The number of nitro groups is 1. The summed E-state index contributed by atoms with van der Waals surface area (Å²) in [5.41, 5.74) is 4.34. The molecule has 0 aliphatic carbocycles. The second-order valence-corrected chi connectivity index (χ2v) is 7.07. The van der Waals surface area contributed by atoms with Crippen LogP contribution in [0.4, 0.5) is 5.69 Å². The zero-order valence-corrected chi connectivity index (χ0v) is 16.4. The lowest BCUT2D eigenvalue weighted by Gasteiger charge is -2.09. The molecule has 2 aromatic carbocycles. The predicted octanol–water partition coefficient (Wildman–Crippen LogP) is 2.60. The van der Waals surface area contributed by atoms with E-state index in [1.54, 1.807) is 23.7 Å². The highest BCUT2D eigenvalue weighted by Crippen LogP contribution is 2.34. The van der Waals surface area contributed by atoms with Crippen LogP contribution in [-0.2, 0) is 7.05 Å². The van der Waals surface area contributed by atoms with E-state index in [1.165, 1.54) is 30.6 Å². The van der Waals surface area contributed by atoms with Gasteiger partial charge in [0.25, 0.3) is 17.5 Å². The second kappa shape index (κ2) is 8.71. The average Bonchev–Trinajstić information content (AvgIpc) is 3.10. The number of carbonyl (C=O) groups excluding carboxylic acids is 2. The Morgan fingerprint density at radius 2 is 1.90 bits per heavy atom. The Morgan fingerprint density at radius 1 is 1.17 bits per heavy atom. The van der Waals surface area contributed by atoms with E-state index in [0.29, 0.717) is 10.1 Å². The van der Waals surface area contributed by atoms with Gasteiger partial charge in [0.15, 0.2) is 5.16 Å². The minimum Gasteiger partial charge on any atom is -0.311 e. The molecule has 0 spiro atoms. The molecule has 1 aromatic heterocycles. The predicted molar refractivity (Wildman–Crippen MR) is 105 cm³/mol. The van der Waals surface area contributed by atoms with E-state index in [9.17, 15) is 19.7 Å². The Hall–Kier alpha value is -3.44. The maximum Gasteiger partial charge on any atom is 0.284 e. The first-order chi connectivity index (χ1) is 13.9. The van der Waals surface area contributed by atoms with Gasteiger partial charge in [0, 0.05) is 18.7 Å². The summed E-state index contributed by atoms with van der Waals surface area (Å²) >= 11 is 6.98. The number of aromatic nitrogens is 3. The van der Waals surface area contributed by atoms with Crippen molar-refractivity contribution in [1.82, 2.24) is 25.6 Å². The van der Waals surface area contributed by atoms with Gasteiger partial charge in [0.05, 0.1) is 20.4 Å². The quantitative estimate of drug-likeness (QED) is 0.467. The smallest absolute Gasteiger partial charge is 0.284 e. The Labute approximate surface area is 173 Å². The molecule has 0 atom stereocenters. The molecule has 2 N–H and O–H groups in total. The van der Waals surface area contributed by atoms with Gasteiger partial charge in [-0.2, -0.15) is 0 Å². The lowest BCUT2D eigenvalue weighted by molar-refractivity contribution is -0.387. The molecule has 0 radical (unpaired) electrons. The largest absolute Gasteiger partial charge is 0.311 e. The van der Waals surface area contributed by atoms with Gasteiger partial charge >= 0.3 is 0 Å². The lowest BCUT2D eigenvalue weighted by Crippen LogP contribution is -2.41. The first-order valence-electron chi connectivity index (χ1n) is 8.02. The molecule has 0 aliphatic heterocycles. The molecule has 0 saturated carbocycles. The number of amides is 2. The minimum absolute atomic E-state index is 0.00141. The standard InChI is InChI=1S/C17H13ClN6O4S/c1-23-9-19-22-17(23)29-14-7-6-10(8-13(14)24(27)28)15(25)20-21-16(26)11-4-2-3-5-12(11)18/h2-9H,1H3,(H,20,25)(H,21,26). The lowest BCUT2D eigenvalue weighted by atomic mass is 10.2. The number of carbonyl (C=O) groups is 2. The zero-order valence-electron chi connectivity index (χ0n) is 14.8. The van der Waals surface area contributed by atoms with E-state index in [2.05, 4.69) is 21.0 Å². The molecule has 148 valence electrons. The number of aryl methyl sites for hydroxylation is 1. The van der Waals surface area contributed by atoms with Gasteiger partial charge in [-0.3, -0.25) is 30.6 Å². The van der Waals surface area contributed by atoms with E-state index in [1.807, 2.05) is 0 Å². The maximum atomic E-state index is 12.3. The number of nitrogens with zero attached hydrogens (tertiary/aromatic N) is 4. The molecule has 1 heterocycles. The van der Waals surface area contributed by atoms with E-state index < -0.39 is 16.7 Å². The van der Waals surface area contributed by atoms with Gasteiger partial charge in [-0.15, -0.1) is 10.2 Å². The molecule has 2 amide bonds. The number of nitro benzene ring substituents is 1. The van der Waals surface area contributed by atoms with Gasteiger partial charge in [0.2, 0.25) is 0 Å². The SMILES string of the molecule is Cn1cnnc1Sc1ccc(C(=O)NNC(=O)c2ccccc2Cl)cc1[N+](=O)[O-]. The molecule has 10 nitrogen and oxygen atoms in total. The molecule has 0 bridgehead atoms. The van der Waals surface area contributed by atoms with E-state index in [4.69, 9.17) is 11.6 Å². The summed E-state index contributed by atoms with van der Waals surface area (Å²) in [7, 11) is 1.71. The number of halogens is 1. The third-order valence-corrected chi connectivity index (χ3v) is 5.14. The van der Waals surface area contributed by atoms with E-state index in [-0.39, 0.29) is 21.8 Å². The monoisotopic (exact) mass is 432 g/mol. The van der Waals surface area contributed by atoms with Gasteiger partial charge in [-0.25, -0.2) is 0 Å². The second-order valence-electron chi connectivity index (χ2n) is 5.65. The number of hydrogen-bond acceptors (Lipinski definition) is 7. The van der Waals surface area contributed by atoms with Crippen LogP contribution in [0.3, 0.4) is 0 Å². The van der Waals surface area contributed by atoms with Gasteiger partial charge in [-0.05, 0) is 36.0 Å². The third-order valence-electron chi connectivity index (χ3n) is 3.70. The first kappa shape index (κ1) is 20.3. The molecule has 0 unspecified atom stereocenters. The fraction of sp³-hybridized carbons (Fsp3) is 0.0588. The summed E-state index contributed by atoms with van der Waals surface area (Å²) in [6.45, 7) is 0. The molecular weight excluding hydrogens is 420 g/mol. The van der Waals surface area contributed by atoms with Crippen molar-refractivity contribution >= 4 is 40.9 Å². The van der Waals surface area contributed by atoms with Crippen LogP contribution in [0.2, 0.25) is 5.02 Å². The van der Waals surface area contributed by atoms with Crippen LogP contribution in [0, 0.1) is 10.1 Å². The van der Waals surface area contributed by atoms with Crippen molar-refractivity contribution in [3.05, 3.63) is 75.1 Å². The average molecular weight is 433 g/mol. The van der Waals surface area contributed by atoms with Crippen molar-refractivity contribution in [2.24, 2.45) is 7.05 Å². The summed E-state index contributed by atoms with van der Waals surface area (Å²) in [6, 6.07) is 10.3. The summed E-state index contributed by atoms with van der Waals surface area (Å²) < 4.78 is 1.61. The Kier molecular flexibility index (Phi) is 6.10. The fourth-order valence-electron chi connectivity index (χ4n) is 2.25. The molecule has 0 fully saturated rings. The summed E-state index contributed by atoms with van der Waals surface area (Å²) in [5.74, 6) is -1.34. The van der Waals surface area contributed by atoms with Crippen LogP contribution in [0.1, 0.15) is 20.7 Å². The molecular formula is C17H13ClN6O4S. The molecule has 0 saturated heterocycles. The van der Waals surface area contributed by atoms with Crippen LogP contribution in [0.25, 0.3) is 0 Å². The van der Waals surface area contributed by atoms with Crippen LogP contribution in [0.15, 0.2) is 58.8 Å². The molecule has 12 heteroatoms. The van der Waals surface area contributed by atoms with Crippen LogP contribution in [0.5, 0.6) is 0 Å². The Balaban J connectivity index is 1.74. The highest BCUT2D eigenvalue weighted by Gasteiger charge is 2.20. The normalized spacial score (nSPS) is 10.4. The van der Waals surface area contributed by atoms with Crippen LogP contribution in [-0.4, -0.2) is 31.5 Å². The van der Waals surface area contributed by atoms with Crippen LogP contribution < -0.4 is 10.9 Å². The number of benzene rings is 2. The topological polar surface area (TPSA) is 132 Å². The fourth-order valence-corrected chi connectivity index (χ4v) is 3.32. The van der Waals surface area contributed by atoms with Gasteiger partial charge in [0.1, 0.15) is 6.33 Å². The molecule has 29 heavy (non-hydrogen) atoms. The van der Waals surface area contributed by atoms with Gasteiger partial charge in [-0.1, -0.05) is 23.7 Å². The number of rotatable bonds is 5. The molecule has 3 rings (SSSR count). The number of nitrogens with one attached hydrogen (secondary N) is 2. The van der Waals surface area contributed by atoms with Crippen molar-refractivity contribution in [2.45, 2.75) is 10.1 Å². The van der Waals surface area contributed by atoms with Crippen LogP contribution >= 0.6 is 23.4 Å². The number of hydrazine groups is 1. The third kappa shape index (κ3) is 4.70. The summed E-state index contributed by atoms with van der Waals surface area (Å²) in [5, 5.41) is 19.7. The minimum atomic E-state index is -0.719. The van der Waals surface area contributed by atoms with E-state index >= 15 is 0 Å². The first-order valence-corrected chi connectivity index (χ1v) is 9.21. The van der Waals surface area contributed by atoms with Gasteiger partial charge < -0.3 is 4.57 Å². The summed E-state index contributed by atoms with van der Waals surface area (Å²) in [4.78, 5) is 35.5. The molecule has 0 aliphatic rings. The van der Waals surface area contributed by atoms with Crippen molar-refractivity contribution < 1.29 is 14.5 Å².